The topological polar surface area (TPSA) is 313 Å². The third-order valence-electron chi connectivity index (χ3n) is 12.4. The van der Waals surface area contributed by atoms with Crippen LogP contribution in [0, 0.1) is 11.6 Å². The molecule has 0 saturated carbocycles. The number of anilines is 2. The lowest BCUT2D eigenvalue weighted by molar-refractivity contribution is -0.138. The number of aromatic carboxylic acids is 1. The molecular formula is C59H62Cl2F2N12O9. The summed E-state index contributed by atoms with van der Waals surface area (Å²) in [6.07, 6.45) is 0. The number of para-hydroxylation sites is 2. The number of hydrogen-bond donors (Lipinski definition) is 7. The van der Waals surface area contributed by atoms with Gasteiger partial charge in [0, 0.05) is 64.0 Å². The SMILES string of the molecule is C.CC(C)N(CC(=O)NCc1cccc(Cl)c1F)C(=O)Cn1nc(C(N)=O)c2cc(C(=O)Nc3ccccc3)ccc21.CC(C)N(CC(=O)NCc1cccc(Cl)c1F)C(=O)Cn1nc(C(N)=O)c2cc(C(=O)O)ccc21.Nc1ccccc1. The van der Waals surface area contributed by atoms with Gasteiger partial charge in [0.05, 0.1) is 39.7 Å². The van der Waals surface area contributed by atoms with Crippen LogP contribution in [0.4, 0.5) is 20.2 Å². The quantitative estimate of drug-likeness (QED) is 0.0381. The molecule has 2 aromatic heterocycles. The number of nitrogens with two attached hydrogens (primary N) is 3. The van der Waals surface area contributed by atoms with Gasteiger partial charge in [-0.3, -0.25) is 42.9 Å². The Morgan fingerprint density at radius 1 is 0.583 bits per heavy atom. The van der Waals surface area contributed by atoms with Crippen LogP contribution in [0.3, 0.4) is 0 Å². The number of carboxylic acid groups (broad SMARTS) is 1. The summed E-state index contributed by atoms with van der Waals surface area (Å²) >= 11 is 11.5. The molecule has 0 radical (unpaired) electrons. The van der Waals surface area contributed by atoms with Gasteiger partial charge in [0.2, 0.25) is 23.6 Å². The number of carbonyl (C=O) groups is 8. The van der Waals surface area contributed by atoms with Crippen LogP contribution in [0.5, 0.6) is 0 Å². The highest BCUT2D eigenvalue weighted by Crippen LogP contribution is 2.24. The highest BCUT2D eigenvalue weighted by atomic mass is 35.5. The van der Waals surface area contributed by atoms with Gasteiger partial charge in [0.25, 0.3) is 17.7 Å². The van der Waals surface area contributed by atoms with Crippen molar-refractivity contribution in [2.75, 3.05) is 24.1 Å². The standard InChI is InChI=1S/C29H28ClFN6O4.C23H23ClFN5O5.C6H7N.CH4/c1-17(2)36(15-24(38)33-14-19-7-6-10-22(30)26(19)31)25(39)16-37-23-12-11-18(13-21(23)27(35-37)28(32)40)29(41)34-20-8-4-3-5-9-20;1-12(2)29(10-18(31)27-9-14-4-3-5-16(24)20(14)25)19(32)11-30-17-7-6-13(23(34)35)8-15(17)21(28-30)22(26)33;7-6-4-2-1-3-5-6;/h3-13,17H,14-16H2,1-2H3,(H2,32,40)(H,33,38)(H,34,41);3-8,12H,9-11H2,1-2H3,(H2,26,33)(H,27,31)(H,34,35);1-5H,7H2;1H4. The molecule has 440 valence electrons. The minimum absolute atomic E-state index is 0. The van der Waals surface area contributed by atoms with Gasteiger partial charge in [-0.05, 0) is 100 Å². The highest BCUT2D eigenvalue weighted by Gasteiger charge is 2.26. The second kappa shape index (κ2) is 29.8. The van der Waals surface area contributed by atoms with Crippen molar-refractivity contribution in [1.29, 1.82) is 0 Å². The summed E-state index contributed by atoms with van der Waals surface area (Å²) in [6.45, 7) is 5.51. The van der Waals surface area contributed by atoms with Crippen LogP contribution in [0.15, 0.2) is 133 Å². The molecule has 0 saturated heterocycles. The van der Waals surface area contributed by atoms with Crippen LogP contribution < -0.4 is 33.2 Å². The Morgan fingerprint density at radius 3 is 1.37 bits per heavy atom. The van der Waals surface area contributed by atoms with Gasteiger partial charge in [-0.2, -0.15) is 10.2 Å². The Hall–Kier alpha value is -9.74. The van der Waals surface area contributed by atoms with Crippen LogP contribution in [-0.4, -0.2) is 107 Å². The van der Waals surface area contributed by atoms with Crippen molar-refractivity contribution in [1.82, 2.24) is 40.0 Å². The summed E-state index contributed by atoms with van der Waals surface area (Å²) in [7, 11) is 0. The van der Waals surface area contributed by atoms with Crippen LogP contribution >= 0.6 is 23.2 Å². The van der Waals surface area contributed by atoms with E-state index in [0.717, 1.165) is 5.69 Å². The molecule has 0 aliphatic carbocycles. The largest absolute Gasteiger partial charge is 0.478 e. The van der Waals surface area contributed by atoms with E-state index in [2.05, 4.69) is 26.1 Å². The maximum Gasteiger partial charge on any atom is 0.335 e. The molecule has 7 amide bonds. The minimum atomic E-state index is -1.19. The van der Waals surface area contributed by atoms with Gasteiger partial charge in [-0.1, -0.05) is 91.3 Å². The van der Waals surface area contributed by atoms with E-state index >= 15 is 0 Å². The maximum atomic E-state index is 14.2. The van der Waals surface area contributed by atoms with Gasteiger partial charge in [0.15, 0.2) is 11.4 Å². The fraction of sp³-hybridized carbons (Fsp3) is 0.220. The van der Waals surface area contributed by atoms with Gasteiger partial charge in [0.1, 0.15) is 24.7 Å². The number of hydrogen-bond acceptors (Lipinski definition) is 11. The second-order valence-corrected chi connectivity index (χ2v) is 19.8. The average Bonchev–Trinajstić information content (AvgIpc) is 3.82. The predicted molar refractivity (Wildman–Crippen MR) is 316 cm³/mol. The summed E-state index contributed by atoms with van der Waals surface area (Å²) < 4.78 is 30.7. The van der Waals surface area contributed by atoms with Crippen LogP contribution in [-0.2, 0) is 45.4 Å². The predicted octanol–water partition coefficient (Wildman–Crippen LogP) is 7.82. The Balaban J connectivity index is 0.000000274. The molecule has 84 heavy (non-hydrogen) atoms. The number of rotatable bonds is 19. The summed E-state index contributed by atoms with van der Waals surface area (Å²) in [5.41, 5.74) is 18.8. The summed E-state index contributed by atoms with van der Waals surface area (Å²) in [5, 5.41) is 25.9. The number of benzene rings is 6. The lowest BCUT2D eigenvalue weighted by atomic mass is 10.1. The number of halogens is 4. The summed E-state index contributed by atoms with van der Waals surface area (Å²) in [6, 6.07) is 35.2. The van der Waals surface area contributed by atoms with Crippen molar-refractivity contribution in [3.05, 3.63) is 189 Å². The van der Waals surface area contributed by atoms with Crippen molar-refractivity contribution >= 4 is 104 Å². The molecule has 25 heteroatoms. The van der Waals surface area contributed by atoms with Gasteiger partial charge < -0.3 is 48.1 Å². The Morgan fingerprint density at radius 2 is 0.988 bits per heavy atom. The number of aromatic nitrogens is 4. The Bertz CT molecular complexity index is 3710. The number of carbonyl (C=O) groups excluding carboxylic acids is 7. The van der Waals surface area contributed by atoms with E-state index in [1.165, 1.54) is 67.7 Å². The molecule has 0 unspecified atom stereocenters. The van der Waals surface area contributed by atoms with Gasteiger partial charge in [-0.15, -0.1) is 0 Å². The monoisotopic (exact) mass is 1190 g/mol. The summed E-state index contributed by atoms with van der Waals surface area (Å²) in [5.74, 6) is -6.48. The Kier molecular flexibility index (Phi) is 23.1. The fourth-order valence-corrected chi connectivity index (χ4v) is 8.54. The molecular weight excluding hydrogens is 1130 g/mol. The van der Waals surface area contributed by atoms with Crippen LogP contribution in [0.1, 0.15) is 87.9 Å². The third-order valence-corrected chi connectivity index (χ3v) is 13.0. The normalized spacial score (nSPS) is 10.6. The fourth-order valence-electron chi connectivity index (χ4n) is 8.15. The lowest BCUT2D eigenvalue weighted by Crippen LogP contribution is -2.45. The minimum Gasteiger partial charge on any atom is -0.478 e. The molecule has 8 rings (SSSR count). The summed E-state index contributed by atoms with van der Waals surface area (Å²) in [4.78, 5) is 102. The molecule has 2 heterocycles. The van der Waals surface area contributed by atoms with Crippen molar-refractivity contribution in [2.24, 2.45) is 11.5 Å². The molecule has 0 aliphatic rings. The van der Waals surface area contributed by atoms with E-state index in [0.29, 0.717) is 22.1 Å². The first kappa shape index (κ1) is 65.1. The molecule has 6 aromatic carbocycles. The first-order valence-electron chi connectivity index (χ1n) is 25.4. The third kappa shape index (κ3) is 17.2. The van der Waals surface area contributed by atoms with E-state index in [4.69, 9.17) is 40.4 Å². The van der Waals surface area contributed by atoms with Crippen molar-refractivity contribution in [2.45, 2.75) is 73.4 Å². The van der Waals surface area contributed by atoms with Gasteiger partial charge >= 0.3 is 5.97 Å². The van der Waals surface area contributed by atoms with Gasteiger partial charge in [-0.25, -0.2) is 13.6 Å². The van der Waals surface area contributed by atoms with Crippen molar-refractivity contribution in [3.63, 3.8) is 0 Å². The maximum absolute atomic E-state index is 14.2. The molecule has 0 atom stereocenters. The first-order chi connectivity index (χ1) is 39.4. The zero-order valence-corrected chi connectivity index (χ0v) is 46.8. The molecule has 0 aliphatic heterocycles. The molecule has 21 nitrogen and oxygen atoms in total. The number of amides is 7. The van der Waals surface area contributed by atoms with Crippen molar-refractivity contribution < 1.29 is 52.2 Å². The molecule has 10 N–H and O–H groups in total. The Labute approximate surface area is 491 Å². The number of primary amides is 2. The van der Waals surface area contributed by atoms with E-state index in [-0.39, 0.29) is 108 Å². The zero-order valence-electron chi connectivity index (χ0n) is 45.2. The first-order valence-corrected chi connectivity index (χ1v) is 26.2. The number of nitrogens with one attached hydrogen (secondary N) is 3. The van der Waals surface area contributed by atoms with E-state index in [9.17, 15) is 52.2 Å². The molecule has 0 bridgehead atoms. The van der Waals surface area contributed by atoms with E-state index < -0.39 is 59.0 Å². The number of carboxylic acids is 1. The molecule has 8 aromatic rings. The van der Waals surface area contributed by atoms with Crippen LogP contribution in [0.25, 0.3) is 21.8 Å². The van der Waals surface area contributed by atoms with Crippen LogP contribution in [0.2, 0.25) is 10.0 Å². The number of fused-ring (bicyclic) bond motifs is 2. The molecule has 0 fully saturated rings. The molecule has 0 spiro atoms. The number of nitrogens with zero attached hydrogens (tertiary/aromatic N) is 6. The average molecular weight is 1190 g/mol. The zero-order chi connectivity index (χ0) is 60.7. The lowest BCUT2D eigenvalue weighted by Gasteiger charge is -2.26. The van der Waals surface area contributed by atoms with Crippen molar-refractivity contribution in [3.8, 4) is 0 Å². The van der Waals surface area contributed by atoms with E-state index in [1.807, 2.05) is 36.4 Å². The second-order valence-electron chi connectivity index (χ2n) is 19.0. The van der Waals surface area contributed by atoms with E-state index in [1.54, 1.807) is 76.2 Å². The smallest absolute Gasteiger partial charge is 0.335 e. The highest BCUT2D eigenvalue weighted by molar-refractivity contribution is 6.31. The number of nitrogen functional groups attached to an aromatic ring is 1.